The van der Waals surface area contributed by atoms with Gasteiger partial charge in [0.25, 0.3) is 0 Å². The molecule has 0 atom stereocenters. The van der Waals surface area contributed by atoms with Crippen LogP contribution >= 0.6 is 0 Å². The van der Waals surface area contributed by atoms with E-state index in [1.807, 2.05) is 0 Å². The topological polar surface area (TPSA) is 4.93 Å². The van der Waals surface area contributed by atoms with E-state index in [0.717, 1.165) is 15.7 Å². The zero-order chi connectivity index (χ0) is 11.0. The van der Waals surface area contributed by atoms with Crippen molar-refractivity contribution in [3.8, 4) is 0 Å². The first-order valence-electron chi connectivity index (χ1n) is 5.52. The van der Waals surface area contributed by atoms with Crippen LogP contribution in [0.4, 0.5) is 0 Å². The van der Waals surface area contributed by atoms with Gasteiger partial charge in [0, 0.05) is 28.0 Å². The first-order valence-corrected chi connectivity index (χ1v) is 7.23. The number of benzene rings is 2. The van der Waals surface area contributed by atoms with Gasteiger partial charge >= 0.3 is 0 Å². The number of hydrogen-bond donors (Lipinski definition) is 0. The largest absolute Gasteiger partial charge is 0.344 e. The first kappa shape index (κ1) is 9.67. The van der Waals surface area contributed by atoms with Gasteiger partial charge in [-0.2, -0.15) is 0 Å². The second-order valence-corrected chi connectivity index (χ2v) is 5.00. The third-order valence-electron chi connectivity index (χ3n) is 3.00. The highest BCUT2D eigenvalue weighted by Crippen LogP contribution is 2.28. The van der Waals surface area contributed by atoms with Gasteiger partial charge in [-0.05, 0) is 12.1 Å². The molecule has 2 aromatic carbocycles. The molecule has 0 unspecified atom stereocenters. The lowest BCUT2D eigenvalue weighted by Crippen LogP contribution is -2.01. The van der Waals surface area contributed by atoms with Gasteiger partial charge in [0.15, 0.2) is 0 Å². The van der Waals surface area contributed by atoms with Gasteiger partial charge in [-0.3, -0.25) is 0 Å². The molecule has 1 nitrogen and oxygen atoms in total. The standard InChI is InChI=1S/C14H13NSi/c1-16-10-15-13-8-4-2-6-11(13)12-7-3-5-9-14(12)15/h2-9H,10H2,1H3. The maximum Gasteiger partial charge on any atom is 0.0614 e. The molecule has 0 saturated carbocycles. The summed E-state index contributed by atoms with van der Waals surface area (Å²) in [6.45, 7) is 2.25. The quantitative estimate of drug-likeness (QED) is 0.586. The normalized spacial score (nSPS) is 11.3. The van der Waals surface area contributed by atoms with Crippen LogP contribution in [0.2, 0.25) is 6.55 Å². The van der Waals surface area contributed by atoms with E-state index in [-0.39, 0.29) is 0 Å². The van der Waals surface area contributed by atoms with E-state index < -0.39 is 0 Å². The Morgan fingerprint density at radius 1 is 0.875 bits per heavy atom. The second-order valence-electron chi connectivity index (χ2n) is 3.97. The Hall–Kier alpha value is -1.54. The van der Waals surface area contributed by atoms with Crippen LogP contribution in [0.5, 0.6) is 0 Å². The van der Waals surface area contributed by atoms with Gasteiger partial charge in [0.1, 0.15) is 0 Å². The highest BCUT2D eigenvalue weighted by molar-refractivity contribution is 6.32. The zero-order valence-electron chi connectivity index (χ0n) is 9.27. The third-order valence-corrected chi connectivity index (χ3v) is 3.63. The van der Waals surface area contributed by atoms with Crippen LogP contribution in [0.3, 0.4) is 0 Å². The molecule has 3 aromatic rings. The van der Waals surface area contributed by atoms with Crippen LogP contribution < -0.4 is 0 Å². The summed E-state index contributed by atoms with van der Waals surface area (Å²) in [5.41, 5.74) is 2.72. The predicted molar refractivity (Wildman–Crippen MR) is 71.1 cm³/mol. The first-order chi connectivity index (χ1) is 7.92. The van der Waals surface area contributed by atoms with Gasteiger partial charge in [-0.15, -0.1) is 0 Å². The molecule has 0 aliphatic carbocycles. The van der Waals surface area contributed by atoms with Crippen LogP contribution in [-0.4, -0.2) is 14.1 Å². The molecule has 1 aromatic heterocycles. The molecule has 0 saturated heterocycles. The minimum Gasteiger partial charge on any atom is -0.344 e. The molecule has 78 valence electrons. The zero-order valence-corrected chi connectivity index (χ0v) is 10.3. The molecular weight excluding hydrogens is 210 g/mol. The molecule has 1 heterocycles. The van der Waals surface area contributed by atoms with Crippen molar-refractivity contribution in [2.75, 3.05) is 0 Å². The van der Waals surface area contributed by atoms with Crippen LogP contribution in [0.1, 0.15) is 0 Å². The van der Waals surface area contributed by atoms with Crippen molar-refractivity contribution >= 4 is 31.3 Å². The van der Waals surface area contributed by atoms with Crippen LogP contribution in [0.15, 0.2) is 48.5 Å². The molecular formula is C14H13NSi. The fourth-order valence-corrected chi connectivity index (χ4v) is 2.99. The summed E-state index contributed by atoms with van der Waals surface area (Å²) in [5, 5.41) is 2.74. The Bertz CT molecular complexity index is 586. The van der Waals surface area contributed by atoms with Crippen molar-refractivity contribution in [2.45, 2.75) is 12.7 Å². The van der Waals surface area contributed by atoms with E-state index in [0.29, 0.717) is 0 Å². The Kier molecular flexibility index (Phi) is 2.29. The lowest BCUT2D eigenvalue weighted by molar-refractivity contribution is 0.964. The highest BCUT2D eigenvalue weighted by atomic mass is 28.2. The summed E-state index contributed by atoms with van der Waals surface area (Å²) in [5.74, 6) is 0. The molecule has 3 rings (SSSR count). The van der Waals surface area contributed by atoms with Crippen LogP contribution in [-0.2, 0) is 6.17 Å². The summed E-state index contributed by atoms with van der Waals surface area (Å²) >= 11 is 0. The van der Waals surface area contributed by atoms with Gasteiger partial charge in [-0.1, -0.05) is 42.9 Å². The minimum atomic E-state index is 0.942. The average molecular weight is 223 g/mol. The van der Waals surface area contributed by atoms with E-state index in [1.54, 1.807) is 0 Å². The predicted octanol–water partition coefficient (Wildman–Crippen LogP) is 3.50. The van der Waals surface area contributed by atoms with Crippen LogP contribution in [0.25, 0.3) is 21.8 Å². The van der Waals surface area contributed by atoms with Gasteiger partial charge in [0.2, 0.25) is 0 Å². The van der Waals surface area contributed by atoms with Gasteiger partial charge in [0.05, 0.1) is 9.52 Å². The fraction of sp³-hybridized carbons (Fsp3) is 0.143. The lowest BCUT2D eigenvalue weighted by Gasteiger charge is -2.03. The van der Waals surface area contributed by atoms with Crippen molar-refractivity contribution in [1.29, 1.82) is 0 Å². The van der Waals surface area contributed by atoms with E-state index in [4.69, 9.17) is 0 Å². The number of nitrogens with zero attached hydrogens (tertiary/aromatic N) is 1. The lowest BCUT2D eigenvalue weighted by atomic mass is 10.2. The van der Waals surface area contributed by atoms with E-state index in [2.05, 4.69) is 59.6 Å². The molecule has 0 bridgehead atoms. The van der Waals surface area contributed by atoms with E-state index >= 15 is 0 Å². The molecule has 0 amide bonds. The van der Waals surface area contributed by atoms with Crippen molar-refractivity contribution in [2.24, 2.45) is 0 Å². The SMILES string of the molecule is C[Si]Cn1c2ccccc2c2ccccc21. The molecule has 2 radical (unpaired) electrons. The molecule has 0 fully saturated rings. The second kappa shape index (κ2) is 3.80. The highest BCUT2D eigenvalue weighted by Gasteiger charge is 2.07. The van der Waals surface area contributed by atoms with Crippen molar-refractivity contribution in [1.82, 2.24) is 4.57 Å². The number of para-hydroxylation sites is 2. The molecule has 0 spiro atoms. The summed E-state index contributed by atoms with van der Waals surface area (Å²) in [7, 11) is 0.942. The van der Waals surface area contributed by atoms with Gasteiger partial charge < -0.3 is 4.57 Å². The summed E-state index contributed by atoms with van der Waals surface area (Å²) in [6.07, 6.45) is 1.12. The summed E-state index contributed by atoms with van der Waals surface area (Å²) in [6, 6.07) is 17.3. The van der Waals surface area contributed by atoms with E-state index in [1.165, 1.54) is 21.8 Å². The third kappa shape index (κ3) is 1.30. The summed E-state index contributed by atoms with van der Waals surface area (Å²) in [4.78, 5) is 0. The maximum atomic E-state index is 2.43. The molecule has 0 N–H and O–H groups in total. The molecule has 16 heavy (non-hydrogen) atoms. The number of hydrogen-bond acceptors (Lipinski definition) is 0. The van der Waals surface area contributed by atoms with Crippen molar-refractivity contribution in [3.63, 3.8) is 0 Å². The number of rotatable bonds is 2. The maximum absolute atomic E-state index is 2.43. The molecule has 0 aliphatic heterocycles. The monoisotopic (exact) mass is 223 g/mol. The van der Waals surface area contributed by atoms with Gasteiger partial charge in [-0.25, -0.2) is 0 Å². The van der Waals surface area contributed by atoms with Crippen molar-refractivity contribution in [3.05, 3.63) is 48.5 Å². The summed E-state index contributed by atoms with van der Waals surface area (Å²) < 4.78 is 2.43. The number of aromatic nitrogens is 1. The molecule has 2 heteroatoms. The minimum absolute atomic E-state index is 0.942. The Labute approximate surface area is 97.5 Å². The Balaban J connectivity index is 2.49. The Morgan fingerprint density at radius 2 is 1.38 bits per heavy atom. The van der Waals surface area contributed by atoms with E-state index in [9.17, 15) is 0 Å². The van der Waals surface area contributed by atoms with Crippen molar-refractivity contribution < 1.29 is 0 Å². The average Bonchev–Trinajstić information content (AvgIpc) is 2.66. The Morgan fingerprint density at radius 3 is 1.88 bits per heavy atom. The number of fused-ring (bicyclic) bond motifs is 3. The fourth-order valence-electron chi connectivity index (χ4n) is 2.33. The molecule has 0 aliphatic rings. The van der Waals surface area contributed by atoms with Crippen LogP contribution in [0, 0.1) is 0 Å². The smallest absolute Gasteiger partial charge is 0.0614 e.